The molecule has 0 heterocycles. The summed E-state index contributed by atoms with van der Waals surface area (Å²) >= 11 is 4.68. The fourth-order valence-corrected chi connectivity index (χ4v) is 5.54. The van der Waals surface area contributed by atoms with E-state index in [1.807, 2.05) is 12.1 Å². The number of unbranched alkanes of at least 4 members (excludes halogenated alkanes) is 9. The van der Waals surface area contributed by atoms with Crippen molar-refractivity contribution in [2.45, 2.75) is 109 Å². The maximum atomic E-state index is 4.68. The molecule has 2 aromatic carbocycles. The molecule has 0 radical (unpaired) electrons. The average molecular weight is 462 g/mol. The van der Waals surface area contributed by atoms with Crippen molar-refractivity contribution in [1.29, 1.82) is 0 Å². The van der Waals surface area contributed by atoms with E-state index in [9.17, 15) is 0 Å². The van der Waals surface area contributed by atoms with Crippen LogP contribution in [0.5, 0.6) is 0 Å². The van der Waals surface area contributed by atoms with Crippen LogP contribution in [0.2, 0.25) is 0 Å². The molecule has 0 unspecified atom stereocenters. The maximum absolute atomic E-state index is 4.68. The van der Waals surface area contributed by atoms with Crippen LogP contribution in [0, 0.1) is 5.92 Å². The van der Waals surface area contributed by atoms with Gasteiger partial charge in [0.2, 0.25) is 0 Å². The van der Waals surface area contributed by atoms with Crippen molar-refractivity contribution in [2.75, 3.05) is 0 Å². The Kier molecular flexibility index (Phi) is 11.9. The van der Waals surface area contributed by atoms with Gasteiger partial charge in [-0.15, -0.1) is 0 Å². The molecule has 0 amide bonds. The second kappa shape index (κ2) is 15.2. The quantitative estimate of drug-likeness (QED) is 0.155. The molecule has 1 fully saturated rings. The third-order valence-corrected chi connectivity index (χ3v) is 7.66. The van der Waals surface area contributed by atoms with Crippen LogP contribution in [0.1, 0.15) is 115 Å². The normalized spacial score (nSPS) is 18.1. The molecule has 1 aliphatic rings. The summed E-state index contributed by atoms with van der Waals surface area (Å²) in [6, 6.07) is 17.5. The molecule has 1 saturated carbocycles. The molecule has 178 valence electrons. The number of hydrogen-bond acceptors (Lipinski definition) is 2. The van der Waals surface area contributed by atoms with E-state index in [-0.39, 0.29) is 0 Å². The van der Waals surface area contributed by atoms with E-state index in [2.05, 4.69) is 65.7 Å². The van der Waals surface area contributed by atoms with Crippen LogP contribution in [0.3, 0.4) is 0 Å². The minimum Gasteiger partial charge on any atom is -0.195 e. The Morgan fingerprint density at radius 1 is 0.697 bits per heavy atom. The molecular formula is C31H43NS. The maximum Gasteiger partial charge on any atom is 0.0739 e. The van der Waals surface area contributed by atoms with Gasteiger partial charge in [-0.3, -0.25) is 0 Å². The topological polar surface area (TPSA) is 12.4 Å². The first-order valence-electron chi connectivity index (χ1n) is 13.6. The second-order valence-electron chi connectivity index (χ2n) is 10.1. The lowest BCUT2D eigenvalue weighted by molar-refractivity contribution is 0.302. The Bertz CT molecular complexity index is 824. The third-order valence-electron chi connectivity index (χ3n) is 7.57. The zero-order chi connectivity index (χ0) is 23.1. The van der Waals surface area contributed by atoms with E-state index in [1.54, 1.807) is 0 Å². The van der Waals surface area contributed by atoms with Gasteiger partial charge in [0.25, 0.3) is 0 Å². The Balaban J connectivity index is 1.31. The van der Waals surface area contributed by atoms with Crippen LogP contribution in [0.25, 0.3) is 11.1 Å². The van der Waals surface area contributed by atoms with Crippen LogP contribution in [-0.4, -0.2) is 5.16 Å². The molecule has 3 rings (SSSR count). The van der Waals surface area contributed by atoms with Crippen LogP contribution < -0.4 is 0 Å². The minimum absolute atomic E-state index is 0.752. The number of nitrogens with zero attached hydrogens (tertiary/aromatic N) is 1. The Labute approximate surface area is 208 Å². The lowest BCUT2D eigenvalue weighted by atomic mass is 9.77. The second-order valence-corrected chi connectivity index (χ2v) is 10.2. The van der Waals surface area contributed by atoms with Gasteiger partial charge in [0, 0.05) is 0 Å². The van der Waals surface area contributed by atoms with Gasteiger partial charge in [0.15, 0.2) is 0 Å². The van der Waals surface area contributed by atoms with Crippen LogP contribution in [0.4, 0.5) is 5.69 Å². The third kappa shape index (κ3) is 9.19. The monoisotopic (exact) mass is 461 g/mol. The number of benzene rings is 2. The van der Waals surface area contributed by atoms with E-state index >= 15 is 0 Å². The molecule has 33 heavy (non-hydrogen) atoms. The van der Waals surface area contributed by atoms with Crippen molar-refractivity contribution in [1.82, 2.24) is 0 Å². The van der Waals surface area contributed by atoms with Crippen molar-refractivity contribution in [3.63, 3.8) is 0 Å². The molecule has 1 nitrogen and oxygen atoms in total. The SMILES string of the molecule is CCCCCCCCCCCCC1CCC(c2ccc(-c3ccc(N=C=S)cc3)cc2)CC1. The highest BCUT2D eigenvalue weighted by Crippen LogP contribution is 2.38. The Morgan fingerprint density at radius 3 is 1.76 bits per heavy atom. The van der Waals surface area contributed by atoms with Crippen LogP contribution in [-0.2, 0) is 0 Å². The van der Waals surface area contributed by atoms with E-state index in [0.29, 0.717) is 0 Å². The fraction of sp³-hybridized carbons (Fsp3) is 0.581. The lowest BCUT2D eigenvalue weighted by Crippen LogP contribution is -2.13. The summed E-state index contributed by atoms with van der Waals surface area (Å²) < 4.78 is 0. The van der Waals surface area contributed by atoms with Gasteiger partial charge in [-0.2, -0.15) is 4.99 Å². The number of hydrogen-bond donors (Lipinski definition) is 0. The van der Waals surface area contributed by atoms with E-state index in [0.717, 1.165) is 17.5 Å². The zero-order valence-corrected chi connectivity index (χ0v) is 21.6. The van der Waals surface area contributed by atoms with Crippen molar-refractivity contribution in [3.05, 3.63) is 54.1 Å². The summed E-state index contributed by atoms with van der Waals surface area (Å²) in [5.41, 5.74) is 4.88. The highest BCUT2D eigenvalue weighted by molar-refractivity contribution is 7.78. The predicted octanol–water partition coefficient (Wildman–Crippen LogP) is 10.7. The molecule has 0 spiro atoms. The van der Waals surface area contributed by atoms with Crippen molar-refractivity contribution < 1.29 is 0 Å². The lowest BCUT2D eigenvalue weighted by Gasteiger charge is -2.29. The van der Waals surface area contributed by atoms with Crippen LogP contribution in [0.15, 0.2) is 53.5 Å². The first-order chi connectivity index (χ1) is 16.3. The molecule has 0 aliphatic heterocycles. The fourth-order valence-electron chi connectivity index (χ4n) is 5.43. The molecule has 0 bridgehead atoms. The Morgan fingerprint density at radius 2 is 1.21 bits per heavy atom. The zero-order valence-electron chi connectivity index (χ0n) is 20.7. The van der Waals surface area contributed by atoms with Gasteiger partial charge >= 0.3 is 0 Å². The smallest absolute Gasteiger partial charge is 0.0739 e. The number of aliphatic imine (C=N–C) groups is 1. The van der Waals surface area contributed by atoms with Gasteiger partial charge in [-0.05, 0) is 78.6 Å². The summed E-state index contributed by atoms with van der Waals surface area (Å²) in [6.07, 6.45) is 21.5. The van der Waals surface area contributed by atoms with E-state index in [1.165, 1.54) is 113 Å². The number of isothiocyanates is 1. The summed E-state index contributed by atoms with van der Waals surface area (Å²) in [5, 5.41) is 2.43. The molecule has 2 aromatic rings. The molecule has 0 saturated heterocycles. The molecule has 2 heteroatoms. The summed E-state index contributed by atoms with van der Waals surface area (Å²) in [4.78, 5) is 4.03. The highest BCUT2D eigenvalue weighted by atomic mass is 32.1. The number of thiocarbonyl (C=S) groups is 1. The van der Waals surface area contributed by atoms with Crippen LogP contribution >= 0.6 is 12.2 Å². The van der Waals surface area contributed by atoms with Gasteiger partial charge < -0.3 is 0 Å². The highest BCUT2D eigenvalue weighted by Gasteiger charge is 2.22. The first-order valence-corrected chi connectivity index (χ1v) is 14.0. The van der Waals surface area contributed by atoms with Gasteiger partial charge in [-0.1, -0.05) is 114 Å². The van der Waals surface area contributed by atoms with E-state index < -0.39 is 0 Å². The van der Waals surface area contributed by atoms with Gasteiger partial charge in [-0.25, -0.2) is 0 Å². The van der Waals surface area contributed by atoms with Crippen molar-refractivity contribution in [2.24, 2.45) is 10.9 Å². The average Bonchev–Trinajstić information content (AvgIpc) is 2.86. The molecule has 0 atom stereocenters. The van der Waals surface area contributed by atoms with Crippen molar-refractivity contribution >= 4 is 23.1 Å². The summed E-state index contributed by atoms with van der Waals surface area (Å²) in [5.74, 6) is 1.73. The molecule has 1 aliphatic carbocycles. The summed E-state index contributed by atoms with van der Waals surface area (Å²) in [6.45, 7) is 2.30. The van der Waals surface area contributed by atoms with Gasteiger partial charge in [0.1, 0.15) is 0 Å². The van der Waals surface area contributed by atoms with Crippen molar-refractivity contribution in [3.8, 4) is 11.1 Å². The standard InChI is InChI=1S/C31H43NS/c1-2-3-4-5-6-7-8-9-10-11-12-26-13-15-27(16-14-26)28-17-19-29(20-18-28)30-21-23-31(24-22-30)32-25-33/h17-24,26-27H,2-16H2,1H3. The largest absolute Gasteiger partial charge is 0.195 e. The first kappa shape index (κ1) is 25.9. The molecule has 0 N–H and O–H groups in total. The van der Waals surface area contributed by atoms with E-state index in [4.69, 9.17) is 0 Å². The molecule has 0 aromatic heterocycles. The minimum atomic E-state index is 0.752. The summed E-state index contributed by atoms with van der Waals surface area (Å²) in [7, 11) is 0. The predicted molar refractivity (Wildman–Crippen MR) is 148 cm³/mol. The van der Waals surface area contributed by atoms with Gasteiger partial charge in [0.05, 0.1) is 10.8 Å². The number of rotatable bonds is 14. The molecular weight excluding hydrogens is 418 g/mol. The Hall–Kier alpha value is -1.76.